The normalized spacial score (nSPS) is 21.5. The molecule has 1 spiro atoms. The molecule has 1 N–H and O–H groups in total. The van der Waals surface area contributed by atoms with E-state index in [-0.39, 0.29) is 24.0 Å². The summed E-state index contributed by atoms with van der Waals surface area (Å²) >= 11 is 2.19. The molecule has 0 aromatic carbocycles. The largest absolute Gasteiger partial charge is 0.467 e. The number of aliphatic imine (C=N–C) groups is 1. The van der Waals surface area contributed by atoms with Crippen molar-refractivity contribution >= 4 is 41.7 Å². The summed E-state index contributed by atoms with van der Waals surface area (Å²) < 4.78 is 5.86. The van der Waals surface area contributed by atoms with Crippen LogP contribution in [0.3, 0.4) is 0 Å². The Kier molecular flexibility index (Phi) is 6.92. The summed E-state index contributed by atoms with van der Waals surface area (Å²) in [6, 6.07) is 3.92. The van der Waals surface area contributed by atoms with Gasteiger partial charge in [-0.15, -0.1) is 24.0 Å². The van der Waals surface area contributed by atoms with Gasteiger partial charge in [-0.25, -0.2) is 0 Å². The van der Waals surface area contributed by atoms with Gasteiger partial charge in [0.05, 0.1) is 12.8 Å². The van der Waals surface area contributed by atoms with Gasteiger partial charge in [0.25, 0.3) is 0 Å². The monoisotopic (exact) mass is 435 g/mol. The zero-order valence-corrected chi connectivity index (χ0v) is 16.4. The molecule has 2 fully saturated rings. The van der Waals surface area contributed by atoms with Crippen LogP contribution in [0.25, 0.3) is 0 Å². The number of thioether (sulfide) groups is 1. The van der Waals surface area contributed by atoms with Crippen LogP contribution >= 0.6 is 35.7 Å². The molecule has 0 bridgehead atoms. The van der Waals surface area contributed by atoms with E-state index in [1.165, 1.54) is 37.9 Å². The number of furan rings is 1. The van der Waals surface area contributed by atoms with Crippen molar-refractivity contribution < 1.29 is 4.42 Å². The molecule has 0 atom stereocenters. The van der Waals surface area contributed by atoms with Gasteiger partial charge in [-0.3, -0.25) is 4.99 Å². The number of nitrogens with zero attached hydrogens (tertiary/aromatic N) is 2. The number of rotatable bonds is 2. The highest BCUT2D eigenvalue weighted by Gasteiger charge is 2.38. The second-order valence-electron chi connectivity index (χ2n) is 5.99. The average molecular weight is 435 g/mol. The highest BCUT2D eigenvalue weighted by Crippen LogP contribution is 2.42. The van der Waals surface area contributed by atoms with Gasteiger partial charge in [-0.05, 0) is 25.0 Å². The summed E-state index contributed by atoms with van der Waals surface area (Å²) in [5.41, 5.74) is 0. The van der Waals surface area contributed by atoms with E-state index in [1.807, 2.05) is 19.2 Å². The molecule has 1 aliphatic carbocycles. The Morgan fingerprint density at radius 1 is 1.41 bits per heavy atom. The molecule has 1 aromatic heterocycles. The summed E-state index contributed by atoms with van der Waals surface area (Å²) in [4.78, 5) is 6.90. The first-order valence-corrected chi connectivity index (χ1v) is 8.92. The lowest BCUT2D eigenvalue weighted by atomic mass is 9.87. The van der Waals surface area contributed by atoms with Crippen LogP contribution in [0.15, 0.2) is 27.8 Å². The predicted octanol–water partition coefficient (Wildman–Crippen LogP) is 3.72. The van der Waals surface area contributed by atoms with Gasteiger partial charge in [0.15, 0.2) is 5.96 Å². The first kappa shape index (κ1) is 18.0. The van der Waals surface area contributed by atoms with E-state index in [2.05, 4.69) is 27.0 Å². The highest BCUT2D eigenvalue weighted by atomic mass is 127. The van der Waals surface area contributed by atoms with Gasteiger partial charge in [-0.2, -0.15) is 11.8 Å². The molecule has 0 radical (unpaired) electrons. The minimum absolute atomic E-state index is 0. The van der Waals surface area contributed by atoms with Crippen molar-refractivity contribution in [2.45, 2.75) is 43.4 Å². The molecule has 2 heterocycles. The summed E-state index contributed by atoms with van der Waals surface area (Å²) in [6.07, 6.45) is 8.63. The van der Waals surface area contributed by atoms with Crippen molar-refractivity contribution in [2.24, 2.45) is 4.99 Å². The molecule has 1 aromatic rings. The lowest BCUT2D eigenvalue weighted by molar-refractivity contribution is 0.292. The highest BCUT2D eigenvalue weighted by molar-refractivity contribution is 14.0. The van der Waals surface area contributed by atoms with Gasteiger partial charge in [-0.1, -0.05) is 19.3 Å². The van der Waals surface area contributed by atoms with Crippen molar-refractivity contribution in [2.75, 3.05) is 25.9 Å². The topological polar surface area (TPSA) is 40.8 Å². The van der Waals surface area contributed by atoms with Crippen LogP contribution in [0.1, 0.15) is 37.9 Å². The number of hydrogen-bond donors (Lipinski definition) is 1. The number of hydrogen-bond acceptors (Lipinski definition) is 3. The van der Waals surface area contributed by atoms with E-state index in [1.54, 1.807) is 6.26 Å². The summed E-state index contributed by atoms with van der Waals surface area (Å²) in [5.74, 6) is 3.17. The van der Waals surface area contributed by atoms with Gasteiger partial charge in [0.1, 0.15) is 5.76 Å². The smallest absolute Gasteiger partial charge is 0.194 e. The first-order valence-electron chi connectivity index (χ1n) is 7.93. The van der Waals surface area contributed by atoms with Gasteiger partial charge in [0.2, 0.25) is 0 Å². The minimum atomic E-state index is 0. The van der Waals surface area contributed by atoms with E-state index in [0.29, 0.717) is 11.3 Å². The lowest BCUT2D eigenvalue weighted by Gasteiger charge is -2.45. The number of halogens is 1. The molecule has 0 unspecified atom stereocenters. The van der Waals surface area contributed by atoms with Crippen molar-refractivity contribution in [3.63, 3.8) is 0 Å². The summed E-state index contributed by atoms with van der Waals surface area (Å²) in [5, 5.41) is 3.44. The summed E-state index contributed by atoms with van der Waals surface area (Å²) in [6.45, 7) is 2.93. The van der Waals surface area contributed by atoms with Gasteiger partial charge in [0, 0.05) is 30.6 Å². The molecule has 124 valence electrons. The molecule has 1 saturated heterocycles. The Morgan fingerprint density at radius 2 is 2.23 bits per heavy atom. The van der Waals surface area contributed by atoms with Crippen LogP contribution < -0.4 is 5.32 Å². The molecule has 0 amide bonds. The van der Waals surface area contributed by atoms with E-state index in [0.717, 1.165) is 24.8 Å². The quantitative estimate of drug-likeness (QED) is 0.437. The Hall–Kier alpha value is -0.370. The Balaban J connectivity index is 0.00000176. The predicted molar refractivity (Wildman–Crippen MR) is 104 cm³/mol. The zero-order chi connectivity index (χ0) is 14.5. The van der Waals surface area contributed by atoms with Crippen LogP contribution in [0.2, 0.25) is 0 Å². The van der Waals surface area contributed by atoms with E-state index in [4.69, 9.17) is 4.42 Å². The van der Waals surface area contributed by atoms with Crippen molar-refractivity contribution in [1.29, 1.82) is 0 Å². The maximum atomic E-state index is 5.39. The molecule has 1 saturated carbocycles. The van der Waals surface area contributed by atoms with Crippen molar-refractivity contribution in [3.8, 4) is 0 Å². The average Bonchev–Trinajstić information content (AvgIpc) is 3.02. The number of guanidine groups is 1. The Bertz CT molecular complexity index is 466. The van der Waals surface area contributed by atoms with E-state index < -0.39 is 0 Å². The third-order valence-electron chi connectivity index (χ3n) is 4.53. The van der Waals surface area contributed by atoms with Crippen LogP contribution in [0.4, 0.5) is 0 Å². The van der Waals surface area contributed by atoms with Crippen LogP contribution in [0, 0.1) is 0 Å². The van der Waals surface area contributed by atoms with Crippen LogP contribution in [-0.2, 0) is 6.54 Å². The fourth-order valence-electron chi connectivity index (χ4n) is 3.44. The molecule has 1 aliphatic heterocycles. The third-order valence-corrected chi connectivity index (χ3v) is 6.06. The Labute approximate surface area is 154 Å². The standard InChI is InChI=1S/C16H25N3OS.HI/c1-17-15(18-12-14-6-5-10-20-14)19-9-11-21-16(13-19)7-3-2-4-8-16;/h5-6,10H,2-4,7-9,11-13H2,1H3,(H,17,18);1H. The van der Waals surface area contributed by atoms with E-state index in [9.17, 15) is 0 Å². The van der Waals surface area contributed by atoms with Crippen LogP contribution in [-0.4, -0.2) is 41.5 Å². The second kappa shape index (κ2) is 8.47. The third kappa shape index (κ3) is 4.34. The molecule has 6 heteroatoms. The summed E-state index contributed by atoms with van der Waals surface area (Å²) in [7, 11) is 1.87. The minimum Gasteiger partial charge on any atom is -0.467 e. The molecule has 3 rings (SSSR count). The van der Waals surface area contributed by atoms with E-state index >= 15 is 0 Å². The SMILES string of the molecule is CN=C(NCc1ccco1)N1CCSC2(CCCCC2)C1.I. The maximum Gasteiger partial charge on any atom is 0.194 e. The second-order valence-corrected chi connectivity index (χ2v) is 7.56. The molecule has 4 nitrogen and oxygen atoms in total. The lowest BCUT2D eigenvalue weighted by Crippen LogP contribution is -2.53. The molecular weight excluding hydrogens is 409 g/mol. The maximum absolute atomic E-state index is 5.39. The Morgan fingerprint density at radius 3 is 2.91 bits per heavy atom. The zero-order valence-electron chi connectivity index (χ0n) is 13.2. The van der Waals surface area contributed by atoms with Gasteiger partial charge >= 0.3 is 0 Å². The van der Waals surface area contributed by atoms with Crippen LogP contribution in [0.5, 0.6) is 0 Å². The first-order chi connectivity index (χ1) is 10.3. The van der Waals surface area contributed by atoms with Crippen molar-refractivity contribution in [3.05, 3.63) is 24.2 Å². The number of nitrogens with one attached hydrogen (secondary N) is 1. The molecule has 2 aliphatic rings. The fourth-order valence-corrected chi connectivity index (χ4v) is 5.01. The molecule has 22 heavy (non-hydrogen) atoms. The molecular formula is C16H26IN3OS. The van der Waals surface area contributed by atoms with Crippen molar-refractivity contribution in [1.82, 2.24) is 10.2 Å². The van der Waals surface area contributed by atoms with Gasteiger partial charge < -0.3 is 14.6 Å². The fraction of sp³-hybridized carbons (Fsp3) is 0.688.